The molecule has 5 heteroatoms. The number of aromatic nitrogens is 2. The first-order valence-corrected chi connectivity index (χ1v) is 6.90. The zero-order valence-corrected chi connectivity index (χ0v) is 11.9. The van der Waals surface area contributed by atoms with Crippen molar-refractivity contribution in [1.82, 2.24) is 9.55 Å². The summed E-state index contributed by atoms with van der Waals surface area (Å²) in [5.74, 6) is -0.855. The number of halogens is 1. The quantitative estimate of drug-likeness (QED) is 0.804. The minimum absolute atomic E-state index is 0.0218. The number of nitrogens with zero attached hydrogens (tertiary/aromatic N) is 2. The molecule has 0 bridgehead atoms. The summed E-state index contributed by atoms with van der Waals surface area (Å²) in [5.41, 5.74) is 2.64. The summed E-state index contributed by atoms with van der Waals surface area (Å²) in [6, 6.07) is 11.3. The Labute approximate surface area is 126 Å². The monoisotopic (exact) mass is 300 g/mol. The van der Waals surface area contributed by atoms with E-state index in [0.29, 0.717) is 11.6 Å². The SMILES string of the molecule is O=C(O)Cc1cn(Cc2ccccn2)c2ccc(Cl)cc12. The number of aliphatic carboxylic acids is 1. The fraction of sp³-hybridized carbons (Fsp3) is 0.125. The number of hydrogen-bond donors (Lipinski definition) is 1. The summed E-state index contributed by atoms with van der Waals surface area (Å²) in [6.45, 7) is 0.596. The highest BCUT2D eigenvalue weighted by Gasteiger charge is 2.12. The molecule has 0 fully saturated rings. The van der Waals surface area contributed by atoms with Gasteiger partial charge in [0.1, 0.15) is 0 Å². The first-order chi connectivity index (χ1) is 10.1. The number of benzene rings is 1. The maximum Gasteiger partial charge on any atom is 0.307 e. The fourth-order valence-corrected chi connectivity index (χ4v) is 2.62. The van der Waals surface area contributed by atoms with E-state index < -0.39 is 5.97 Å². The van der Waals surface area contributed by atoms with Gasteiger partial charge in [0.25, 0.3) is 0 Å². The Morgan fingerprint density at radius 2 is 2.14 bits per heavy atom. The first kappa shape index (κ1) is 13.6. The highest BCUT2D eigenvalue weighted by molar-refractivity contribution is 6.31. The Hall–Kier alpha value is -2.33. The Kier molecular flexibility index (Phi) is 3.62. The molecule has 3 rings (SSSR count). The molecule has 1 aromatic carbocycles. The molecular formula is C16H13ClN2O2. The van der Waals surface area contributed by atoms with Crippen LogP contribution >= 0.6 is 11.6 Å². The number of pyridine rings is 1. The zero-order valence-electron chi connectivity index (χ0n) is 11.2. The smallest absolute Gasteiger partial charge is 0.307 e. The zero-order chi connectivity index (χ0) is 14.8. The van der Waals surface area contributed by atoms with Crippen LogP contribution < -0.4 is 0 Å². The lowest BCUT2D eigenvalue weighted by Crippen LogP contribution is -2.01. The Bertz CT molecular complexity index is 797. The van der Waals surface area contributed by atoms with E-state index in [4.69, 9.17) is 16.7 Å². The van der Waals surface area contributed by atoms with Gasteiger partial charge in [-0.25, -0.2) is 0 Å². The van der Waals surface area contributed by atoms with Gasteiger partial charge in [-0.3, -0.25) is 9.78 Å². The predicted molar refractivity (Wildman–Crippen MR) is 81.6 cm³/mol. The summed E-state index contributed by atoms with van der Waals surface area (Å²) in [5, 5.41) is 10.5. The number of fused-ring (bicyclic) bond motifs is 1. The number of rotatable bonds is 4. The molecule has 0 saturated heterocycles. The third-order valence-electron chi connectivity index (χ3n) is 3.33. The van der Waals surface area contributed by atoms with Crippen LogP contribution in [0.5, 0.6) is 0 Å². The summed E-state index contributed by atoms with van der Waals surface area (Å²) < 4.78 is 2.01. The van der Waals surface area contributed by atoms with Gasteiger partial charge in [-0.05, 0) is 35.9 Å². The minimum atomic E-state index is -0.855. The van der Waals surface area contributed by atoms with Crippen LogP contribution in [-0.4, -0.2) is 20.6 Å². The lowest BCUT2D eigenvalue weighted by atomic mass is 10.1. The van der Waals surface area contributed by atoms with Crippen LogP contribution in [0, 0.1) is 0 Å². The van der Waals surface area contributed by atoms with Gasteiger partial charge in [0.15, 0.2) is 0 Å². The van der Waals surface area contributed by atoms with Crippen molar-refractivity contribution in [1.29, 1.82) is 0 Å². The topological polar surface area (TPSA) is 55.1 Å². The van der Waals surface area contributed by atoms with Crippen molar-refractivity contribution in [3.8, 4) is 0 Å². The lowest BCUT2D eigenvalue weighted by molar-refractivity contribution is -0.136. The van der Waals surface area contributed by atoms with Crippen LogP contribution in [0.25, 0.3) is 10.9 Å². The van der Waals surface area contributed by atoms with E-state index in [9.17, 15) is 4.79 Å². The van der Waals surface area contributed by atoms with E-state index in [0.717, 1.165) is 22.2 Å². The molecule has 0 saturated carbocycles. The maximum absolute atomic E-state index is 11.0. The number of hydrogen-bond acceptors (Lipinski definition) is 2. The average molecular weight is 301 g/mol. The van der Waals surface area contributed by atoms with Crippen molar-refractivity contribution < 1.29 is 9.90 Å². The Morgan fingerprint density at radius 3 is 2.86 bits per heavy atom. The van der Waals surface area contributed by atoms with Gasteiger partial charge < -0.3 is 9.67 Å². The number of carboxylic acid groups (broad SMARTS) is 1. The van der Waals surface area contributed by atoms with Gasteiger partial charge in [-0.2, -0.15) is 0 Å². The Balaban J connectivity index is 2.08. The van der Waals surface area contributed by atoms with Crippen LogP contribution in [0.15, 0.2) is 48.8 Å². The molecular weight excluding hydrogens is 288 g/mol. The van der Waals surface area contributed by atoms with Gasteiger partial charge in [0, 0.05) is 28.3 Å². The van der Waals surface area contributed by atoms with Crippen LogP contribution in [0.2, 0.25) is 5.02 Å². The molecule has 0 radical (unpaired) electrons. The highest BCUT2D eigenvalue weighted by Crippen LogP contribution is 2.26. The normalized spacial score (nSPS) is 10.9. The van der Waals surface area contributed by atoms with Crippen molar-refractivity contribution in [2.24, 2.45) is 0 Å². The van der Waals surface area contributed by atoms with E-state index in [2.05, 4.69) is 4.98 Å². The third-order valence-corrected chi connectivity index (χ3v) is 3.56. The molecule has 4 nitrogen and oxygen atoms in total. The van der Waals surface area contributed by atoms with Gasteiger partial charge in [-0.15, -0.1) is 0 Å². The fourth-order valence-electron chi connectivity index (χ4n) is 2.44. The second-order valence-electron chi connectivity index (χ2n) is 4.84. The molecule has 0 spiro atoms. The third kappa shape index (κ3) is 2.90. The molecule has 0 aliphatic rings. The number of carboxylic acids is 1. The molecule has 1 N–H and O–H groups in total. The molecule has 0 aliphatic carbocycles. The lowest BCUT2D eigenvalue weighted by Gasteiger charge is -2.04. The molecule has 0 atom stereocenters. The van der Waals surface area contributed by atoms with E-state index >= 15 is 0 Å². The van der Waals surface area contributed by atoms with Crippen molar-refractivity contribution in [2.45, 2.75) is 13.0 Å². The maximum atomic E-state index is 11.0. The van der Waals surface area contributed by atoms with Crippen molar-refractivity contribution >= 4 is 28.5 Å². The molecule has 0 aliphatic heterocycles. The predicted octanol–water partition coefficient (Wildman–Crippen LogP) is 3.37. The molecule has 0 unspecified atom stereocenters. The number of carbonyl (C=O) groups is 1. The van der Waals surface area contributed by atoms with E-state index in [1.165, 1.54) is 0 Å². The van der Waals surface area contributed by atoms with E-state index in [1.807, 2.05) is 47.2 Å². The molecule has 106 valence electrons. The molecule has 2 heterocycles. The van der Waals surface area contributed by atoms with E-state index in [-0.39, 0.29) is 6.42 Å². The van der Waals surface area contributed by atoms with Gasteiger partial charge in [0.2, 0.25) is 0 Å². The standard InChI is InChI=1S/C16H13ClN2O2/c17-12-4-5-15-14(8-12)11(7-16(20)21)9-19(15)10-13-3-1-2-6-18-13/h1-6,8-9H,7,10H2,(H,20,21). The van der Waals surface area contributed by atoms with Gasteiger partial charge >= 0.3 is 5.97 Å². The molecule has 3 aromatic rings. The second kappa shape index (κ2) is 5.58. The summed E-state index contributed by atoms with van der Waals surface area (Å²) >= 11 is 6.03. The van der Waals surface area contributed by atoms with Crippen LogP contribution in [0.4, 0.5) is 0 Å². The van der Waals surface area contributed by atoms with Crippen molar-refractivity contribution in [3.05, 3.63) is 65.1 Å². The largest absolute Gasteiger partial charge is 0.481 e. The summed E-state index contributed by atoms with van der Waals surface area (Å²) in [7, 11) is 0. The van der Waals surface area contributed by atoms with Crippen molar-refractivity contribution in [3.63, 3.8) is 0 Å². The van der Waals surface area contributed by atoms with Crippen LogP contribution in [0.1, 0.15) is 11.3 Å². The average Bonchev–Trinajstić information content (AvgIpc) is 2.77. The van der Waals surface area contributed by atoms with E-state index in [1.54, 1.807) is 6.20 Å². The highest BCUT2D eigenvalue weighted by atomic mass is 35.5. The second-order valence-corrected chi connectivity index (χ2v) is 5.27. The summed E-state index contributed by atoms with van der Waals surface area (Å²) in [4.78, 5) is 15.3. The van der Waals surface area contributed by atoms with Crippen molar-refractivity contribution in [2.75, 3.05) is 0 Å². The first-order valence-electron chi connectivity index (χ1n) is 6.52. The molecule has 21 heavy (non-hydrogen) atoms. The van der Waals surface area contributed by atoms with Gasteiger partial charge in [0.05, 0.1) is 18.7 Å². The van der Waals surface area contributed by atoms with Crippen LogP contribution in [-0.2, 0) is 17.8 Å². The molecule has 0 amide bonds. The Morgan fingerprint density at radius 1 is 1.29 bits per heavy atom. The van der Waals surface area contributed by atoms with Gasteiger partial charge in [-0.1, -0.05) is 17.7 Å². The molecule has 2 aromatic heterocycles. The summed E-state index contributed by atoms with van der Waals surface area (Å²) in [6.07, 6.45) is 3.59. The minimum Gasteiger partial charge on any atom is -0.481 e. The van der Waals surface area contributed by atoms with Crippen LogP contribution in [0.3, 0.4) is 0 Å².